The zero-order valence-electron chi connectivity index (χ0n) is 15.9. The van der Waals surface area contributed by atoms with E-state index in [0.29, 0.717) is 25.1 Å². The van der Waals surface area contributed by atoms with Gasteiger partial charge in [0.25, 0.3) is 5.91 Å². The van der Waals surface area contributed by atoms with E-state index in [4.69, 9.17) is 15.5 Å². The first-order valence-electron chi connectivity index (χ1n) is 10.0. The van der Waals surface area contributed by atoms with E-state index in [1.54, 1.807) is 0 Å². The molecule has 0 saturated carbocycles. The summed E-state index contributed by atoms with van der Waals surface area (Å²) in [6.07, 6.45) is 4.75. The van der Waals surface area contributed by atoms with Crippen LogP contribution < -0.4 is 11.1 Å². The van der Waals surface area contributed by atoms with E-state index >= 15 is 0 Å². The summed E-state index contributed by atoms with van der Waals surface area (Å²) in [4.78, 5) is 28.9. The Hall–Kier alpha value is -2.67. The standard InChI is InChI=1S/C21H26N4O3/c22-19(26)17-11-10-15(28-17)13-23-21(27)18-16-9-5-2-6-12-25(16)20(24-18)14-7-3-1-4-8-14/h1,3-4,7-8,15,17H,2,5-6,9-13H2,(H2,22,26)(H,23,27). The number of nitrogens with one attached hydrogen (secondary N) is 1. The molecule has 1 saturated heterocycles. The average Bonchev–Trinajstić information content (AvgIpc) is 3.25. The number of aromatic nitrogens is 2. The summed E-state index contributed by atoms with van der Waals surface area (Å²) >= 11 is 0. The number of nitrogens with zero attached hydrogens (tertiary/aromatic N) is 2. The minimum absolute atomic E-state index is 0.182. The summed E-state index contributed by atoms with van der Waals surface area (Å²) in [6, 6.07) is 10.0. The molecule has 0 spiro atoms. The number of nitrogens with two attached hydrogens (primary N) is 1. The molecule has 0 aliphatic carbocycles. The number of rotatable bonds is 5. The molecule has 4 rings (SSSR count). The Morgan fingerprint density at radius 2 is 2.00 bits per heavy atom. The van der Waals surface area contributed by atoms with E-state index in [1.807, 2.05) is 30.3 Å². The molecule has 1 aromatic carbocycles. The Morgan fingerprint density at radius 1 is 1.18 bits per heavy atom. The van der Waals surface area contributed by atoms with Gasteiger partial charge in [0, 0.05) is 18.7 Å². The lowest BCUT2D eigenvalue weighted by Crippen LogP contribution is -2.35. The number of hydrogen-bond acceptors (Lipinski definition) is 4. The van der Waals surface area contributed by atoms with Gasteiger partial charge in [-0.25, -0.2) is 4.98 Å². The van der Waals surface area contributed by atoms with Crippen LogP contribution in [0.5, 0.6) is 0 Å². The molecule has 2 atom stereocenters. The summed E-state index contributed by atoms with van der Waals surface area (Å²) in [5.74, 6) is 0.230. The number of hydrogen-bond donors (Lipinski definition) is 2. The highest BCUT2D eigenvalue weighted by Gasteiger charge is 2.30. The summed E-state index contributed by atoms with van der Waals surface area (Å²) in [5, 5.41) is 2.94. The van der Waals surface area contributed by atoms with Crippen LogP contribution in [0.4, 0.5) is 0 Å². The molecule has 0 radical (unpaired) electrons. The molecule has 1 aromatic heterocycles. The van der Waals surface area contributed by atoms with Crippen molar-refractivity contribution in [1.29, 1.82) is 0 Å². The first-order chi connectivity index (χ1) is 13.6. The van der Waals surface area contributed by atoms with Crippen molar-refractivity contribution in [3.05, 3.63) is 41.7 Å². The van der Waals surface area contributed by atoms with Crippen LogP contribution in [0.1, 0.15) is 48.3 Å². The number of carbonyl (C=O) groups excluding carboxylic acids is 2. The van der Waals surface area contributed by atoms with Gasteiger partial charge in [-0.15, -0.1) is 0 Å². The normalized spacial score (nSPS) is 21.7. The third-order valence-electron chi connectivity index (χ3n) is 5.53. The van der Waals surface area contributed by atoms with Gasteiger partial charge in [-0.2, -0.15) is 0 Å². The molecule has 3 heterocycles. The average molecular weight is 382 g/mol. The lowest BCUT2D eigenvalue weighted by molar-refractivity contribution is -0.128. The van der Waals surface area contributed by atoms with Crippen molar-refractivity contribution in [2.75, 3.05) is 6.54 Å². The first kappa shape index (κ1) is 18.7. The molecule has 7 heteroatoms. The second-order valence-electron chi connectivity index (χ2n) is 7.50. The molecule has 2 aliphatic heterocycles. The van der Waals surface area contributed by atoms with Gasteiger partial charge in [0.1, 0.15) is 17.6 Å². The predicted octanol–water partition coefficient (Wildman–Crippen LogP) is 2.04. The van der Waals surface area contributed by atoms with E-state index in [2.05, 4.69) is 9.88 Å². The number of fused-ring (bicyclic) bond motifs is 1. The van der Waals surface area contributed by atoms with Gasteiger partial charge in [-0.1, -0.05) is 36.8 Å². The summed E-state index contributed by atoms with van der Waals surface area (Å²) < 4.78 is 7.80. The Morgan fingerprint density at radius 3 is 2.75 bits per heavy atom. The van der Waals surface area contributed by atoms with Crippen LogP contribution in [0.2, 0.25) is 0 Å². The van der Waals surface area contributed by atoms with Gasteiger partial charge >= 0.3 is 0 Å². The fourth-order valence-electron chi connectivity index (χ4n) is 4.06. The second-order valence-corrected chi connectivity index (χ2v) is 7.50. The van der Waals surface area contributed by atoms with Crippen molar-refractivity contribution in [3.63, 3.8) is 0 Å². The van der Waals surface area contributed by atoms with Crippen molar-refractivity contribution < 1.29 is 14.3 Å². The van der Waals surface area contributed by atoms with Crippen LogP contribution in [0.15, 0.2) is 30.3 Å². The van der Waals surface area contributed by atoms with Crippen molar-refractivity contribution in [1.82, 2.24) is 14.9 Å². The highest BCUT2D eigenvalue weighted by molar-refractivity contribution is 5.94. The SMILES string of the molecule is NC(=O)C1CCC(CNC(=O)c2nc(-c3ccccc3)n3c2CCCCC3)O1. The van der Waals surface area contributed by atoms with E-state index in [0.717, 1.165) is 49.3 Å². The van der Waals surface area contributed by atoms with E-state index in [-0.39, 0.29) is 12.0 Å². The Balaban J connectivity index is 1.53. The lowest BCUT2D eigenvalue weighted by atomic mass is 10.1. The third-order valence-corrected chi connectivity index (χ3v) is 5.53. The molecule has 2 amide bonds. The van der Waals surface area contributed by atoms with Crippen molar-refractivity contribution >= 4 is 11.8 Å². The lowest BCUT2D eigenvalue weighted by Gasteiger charge is -2.12. The molecule has 148 valence electrons. The fourth-order valence-corrected chi connectivity index (χ4v) is 4.06. The van der Waals surface area contributed by atoms with Gasteiger partial charge < -0.3 is 20.4 Å². The maximum Gasteiger partial charge on any atom is 0.271 e. The van der Waals surface area contributed by atoms with Crippen LogP contribution >= 0.6 is 0 Å². The third kappa shape index (κ3) is 3.80. The largest absolute Gasteiger partial charge is 0.367 e. The van der Waals surface area contributed by atoms with Crippen LogP contribution in [-0.2, 0) is 22.5 Å². The van der Waals surface area contributed by atoms with Crippen molar-refractivity contribution in [3.8, 4) is 11.4 Å². The van der Waals surface area contributed by atoms with Gasteiger partial charge in [0.15, 0.2) is 0 Å². The summed E-state index contributed by atoms with van der Waals surface area (Å²) in [7, 11) is 0. The summed E-state index contributed by atoms with van der Waals surface area (Å²) in [6.45, 7) is 1.24. The van der Waals surface area contributed by atoms with E-state index in [1.165, 1.54) is 0 Å². The molecule has 1 fully saturated rings. The molecule has 0 bridgehead atoms. The van der Waals surface area contributed by atoms with Crippen LogP contribution in [0, 0.1) is 0 Å². The molecule has 2 unspecified atom stereocenters. The molecule has 2 aromatic rings. The van der Waals surface area contributed by atoms with E-state index in [9.17, 15) is 9.59 Å². The number of amides is 2. The predicted molar refractivity (Wildman–Crippen MR) is 105 cm³/mol. The zero-order valence-corrected chi connectivity index (χ0v) is 15.9. The minimum atomic E-state index is -0.546. The highest BCUT2D eigenvalue weighted by Crippen LogP contribution is 2.27. The minimum Gasteiger partial charge on any atom is -0.367 e. The van der Waals surface area contributed by atoms with Crippen molar-refractivity contribution in [2.24, 2.45) is 5.73 Å². The molecular weight excluding hydrogens is 356 g/mol. The topological polar surface area (TPSA) is 99.2 Å². The molecule has 7 nitrogen and oxygen atoms in total. The first-order valence-corrected chi connectivity index (χ1v) is 10.0. The number of imidazole rings is 1. The second kappa shape index (κ2) is 8.14. The number of primary amides is 1. The Bertz CT molecular complexity index is 862. The molecule has 3 N–H and O–H groups in total. The fraction of sp³-hybridized carbons (Fsp3) is 0.476. The van der Waals surface area contributed by atoms with Crippen LogP contribution in [0.3, 0.4) is 0 Å². The molecule has 28 heavy (non-hydrogen) atoms. The van der Waals surface area contributed by atoms with Gasteiger partial charge in [-0.05, 0) is 32.1 Å². The van der Waals surface area contributed by atoms with Crippen LogP contribution in [-0.4, -0.2) is 40.1 Å². The smallest absolute Gasteiger partial charge is 0.271 e. The molecule has 2 aliphatic rings. The Kier molecular flexibility index (Phi) is 5.43. The van der Waals surface area contributed by atoms with Gasteiger partial charge in [-0.3, -0.25) is 9.59 Å². The number of benzene rings is 1. The maximum absolute atomic E-state index is 12.9. The number of ether oxygens (including phenoxy) is 1. The summed E-state index contributed by atoms with van der Waals surface area (Å²) in [5.41, 5.74) is 7.83. The quantitative estimate of drug-likeness (QED) is 0.826. The van der Waals surface area contributed by atoms with Gasteiger partial charge in [0.2, 0.25) is 5.91 Å². The zero-order chi connectivity index (χ0) is 19.5. The van der Waals surface area contributed by atoms with E-state index < -0.39 is 12.0 Å². The molecular formula is C21H26N4O3. The van der Waals surface area contributed by atoms with Crippen LogP contribution in [0.25, 0.3) is 11.4 Å². The Labute approximate surface area is 164 Å². The maximum atomic E-state index is 12.9. The highest BCUT2D eigenvalue weighted by atomic mass is 16.5. The number of carbonyl (C=O) groups is 2. The van der Waals surface area contributed by atoms with Gasteiger partial charge in [0.05, 0.1) is 11.8 Å². The van der Waals surface area contributed by atoms with Crippen molar-refractivity contribution in [2.45, 2.75) is 57.3 Å². The monoisotopic (exact) mass is 382 g/mol.